The van der Waals surface area contributed by atoms with Crippen molar-refractivity contribution in [2.75, 3.05) is 6.61 Å². The molecule has 4 heteroatoms. The van der Waals surface area contributed by atoms with Crippen LogP contribution in [0.2, 0.25) is 0 Å². The number of carbonyl (C=O) groups excluding carboxylic acids is 1. The van der Waals surface area contributed by atoms with Gasteiger partial charge in [0.15, 0.2) is 6.29 Å². The normalized spacial score (nSPS) is 12.2. The Kier molecular flexibility index (Phi) is 4.56. The second-order valence-corrected chi connectivity index (χ2v) is 4.81. The van der Waals surface area contributed by atoms with Gasteiger partial charge in [-0.3, -0.25) is 9.89 Å². The van der Waals surface area contributed by atoms with E-state index in [2.05, 4.69) is 30.1 Å². The lowest BCUT2D eigenvalue weighted by Gasteiger charge is -2.16. The van der Waals surface area contributed by atoms with Crippen molar-refractivity contribution >= 4 is 6.29 Å². The number of benzene rings is 1. The van der Waals surface area contributed by atoms with E-state index >= 15 is 0 Å². The molecular formula is C16H20N2O2. The lowest BCUT2D eigenvalue weighted by Crippen LogP contribution is -2.00. The third kappa shape index (κ3) is 2.74. The maximum atomic E-state index is 11.0. The molecule has 0 bridgehead atoms. The molecular weight excluding hydrogens is 252 g/mol. The third-order valence-corrected chi connectivity index (χ3v) is 3.54. The molecule has 0 radical (unpaired) electrons. The summed E-state index contributed by atoms with van der Waals surface area (Å²) in [5.41, 5.74) is 3.46. The van der Waals surface area contributed by atoms with Crippen LogP contribution in [0.4, 0.5) is 0 Å². The molecule has 0 aliphatic rings. The van der Waals surface area contributed by atoms with Gasteiger partial charge in [-0.15, -0.1) is 0 Å². The van der Waals surface area contributed by atoms with Gasteiger partial charge in [-0.2, -0.15) is 5.10 Å². The van der Waals surface area contributed by atoms with E-state index in [9.17, 15) is 4.79 Å². The Labute approximate surface area is 119 Å². The highest BCUT2D eigenvalue weighted by Crippen LogP contribution is 2.33. The maximum absolute atomic E-state index is 11.0. The zero-order valence-electron chi connectivity index (χ0n) is 12.1. The maximum Gasteiger partial charge on any atom is 0.153 e. The van der Waals surface area contributed by atoms with E-state index in [0.717, 1.165) is 29.7 Å². The van der Waals surface area contributed by atoms with Gasteiger partial charge >= 0.3 is 0 Å². The van der Waals surface area contributed by atoms with Gasteiger partial charge in [-0.05, 0) is 43.0 Å². The van der Waals surface area contributed by atoms with Gasteiger partial charge in [0.1, 0.15) is 5.75 Å². The number of aldehydes is 1. The van der Waals surface area contributed by atoms with E-state index in [4.69, 9.17) is 4.74 Å². The monoisotopic (exact) mass is 272 g/mol. The van der Waals surface area contributed by atoms with Crippen LogP contribution < -0.4 is 4.74 Å². The van der Waals surface area contributed by atoms with Crippen LogP contribution in [0.3, 0.4) is 0 Å². The average Bonchev–Trinajstić information content (AvgIpc) is 2.95. The summed E-state index contributed by atoms with van der Waals surface area (Å²) < 4.78 is 5.69. The van der Waals surface area contributed by atoms with Crippen LogP contribution in [-0.2, 0) is 0 Å². The number of rotatable bonds is 6. The topological polar surface area (TPSA) is 55.0 Å². The summed E-state index contributed by atoms with van der Waals surface area (Å²) in [6, 6.07) is 6.01. The van der Waals surface area contributed by atoms with E-state index in [1.54, 1.807) is 6.20 Å². The van der Waals surface area contributed by atoms with Crippen molar-refractivity contribution in [3.05, 3.63) is 35.5 Å². The van der Waals surface area contributed by atoms with Gasteiger partial charge in [0.25, 0.3) is 0 Å². The molecule has 2 aromatic rings. The Hall–Kier alpha value is -2.10. The van der Waals surface area contributed by atoms with Gasteiger partial charge in [0.05, 0.1) is 24.1 Å². The predicted molar refractivity (Wildman–Crippen MR) is 79.3 cm³/mol. The Morgan fingerprint density at radius 3 is 2.85 bits per heavy atom. The number of H-pyrrole nitrogens is 1. The largest absolute Gasteiger partial charge is 0.494 e. The number of ether oxygens (including phenoxy) is 1. The highest BCUT2D eigenvalue weighted by Gasteiger charge is 2.14. The van der Waals surface area contributed by atoms with E-state index in [1.165, 1.54) is 5.56 Å². The highest BCUT2D eigenvalue weighted by atomic mass is 16.5. The molecule has 1 aromatic carbocycles. The molecule has 0 aliphatic heterocycles. The first-order valence-corrected chi connectivity index (χ1v) is 6.96. The van der Waals surface area contributed by atoms with Crippen LogP contribution in [0.1, 0.15) is 49.0 Å². The Bertz CT molecular complexity index is 590. The molecule has 1 atom stereocenters. The fourth-order valence-electron chi connectivity index (χ4n) is 2.21. The SMILES string of the molecule is CCOc1ccc(-c2[nH]ncc2C=O)cc1C(C)CC. The lowest BCUT2D eigenvalue weighted by atomic mass is 9.94. The second-order valence-electron chi connectivity index (χ2n) is 4.81. The number of nitrogens with one attached hydrogen (secondary N) is 1. The van der Waals surface area contributed by atoms with E-state index < -0.39 is 0 Å². The summed E-state index contributed by atoms with van der Waals surface area (Å²) in [5, 5.41) is 6.82. The minimum absolute atomic E-state index is 0.402. The number of hydrogen-bond acceptors (Lipinski definition) is 3. The van der Waals surface area contributed by atoms with E-state index in [-0.39, 0.29) is 0 Å². The number of carbonyl (C=O) groups is 1. The van der Waals surface area contributed by atoms with Crippen molar-refractivity contribution in [3.63, 3.8) is 0 Å². The third-order valence-electron chi connectivity index (χ3n) is 3.54. The molecule has 2 rings (SSSR count). The summed E-state index contributed by atoms with van der Waals surface area (Å²) in [6.45, 7) is 6.95. The van der Waals surface area contributed by atoms with Crippen LogP contribution in [0.15, 0.2) is 24.4 Å². The summed E-state index contributed by atoms with van der Waals surface area (Å²) in [6.07, 6.45) is 3.40. The Morgan fingerprint density at radius 2 is 2.20 bits per heavy atom. The minimum Gasteiger partial charge on any atom is -0.494 e. The summed E-state index contributed by atoms with van der Waals surface area (Å²) in [5.74, 6) is 1.32. The first-order chi connectivity index (χ1) is 9.71. The molecule has 0 saturated carbocycles. The van der Waals surface area contributed by atoms with Crippen molar-refractivity contribution in [1.29, 1.82) is 0 Å². The van der Waals surface area contributed by atoms with E-state index in [0.29, 0.717) is 18.1 Å². The lowest BCUT2D eigenvalue weighted by molar-refractivity contribution is 0.112. The van der Waals surface area contributed by atoms with Crippen LogP contribution in [0.5, 0.6) is 5.75 Å². The number of nitrogens with zero attached hydrogens (tertiary/aromatic N) is 1. The van der Waals surface area contributed by atoms with E-state index in [1.807, 2.05) is 19.1 Å². The molecule has 1 aromatic heterocycles. The molecule has 1 unspecified atom stereocenters. The molecule has 1 N–H and O–H groups in total. The predicted octanol–water partition coefficient (Wildman–Crippen LogP) is 3.80. The zero-order chi connectivity index (χ0) is 14.5. The van der Waals surface area contributed by atoms with Crippen molar-refractivity contribution in [1.82, 2.24) is 10.2 Å². The molecule has 0 amide bonds. The van der Waals surface area contributed by atoms with Crippen molar-refractivity contribution in [2.24, 2.45) is 0 Å². The minimum atomic E-state index is 0.402. The number of aromatic nitrogens is 2. The summed E-state index contributed by atoms with van der Waals surface area (Å²) in [4.78, 5) is 11.0. The quantitative estimate of drug-likeness (QED) is 0.814. The molecule has 20 heavy (non-hydrogen) atoms. The van der Waals surface area contributed by atoms with Crippen molar-refractivity contribution in [3.8, 4) is 17.0 Å². The molecule has 0 aliphatic carbocycles. The molecule has 0 spiro atoms. The van der Waals surface area contributed by atoms with Crippen LogP contribution in [0.25, 0.3) is 11.3 Å². The molecule has 4 nitrogen and oxygen atoms in total. The van der Waals surface area contributed by atoms with Crippen molar-refractivity contribution in [2.45, 2.75) is 33.1 Å². The standard InChI is InChI=1S/C16H20N2O2/c1-4-11(3)14-8-12(6-7-15(14)20-5-2)16-13(10-19)9-17-18-16/h6-11H,4-5H2,1-3H3,(H,17,18). The first-order valence-electron chi connectivity index (χ1n) is 6.96. The van der Waals surface area contributed by atoms with Gasteiger partial charge in [0.2, 0.25) is 0 Å². The highest BCUT2D eigenvalue weighted by molar-refractivity contribution is 5.85. The first kappa shape index (κ1) is 14.3. The molecule has 0 fully saturated rings. The Balaban J connectivity index is 2.49. The summed E-state index contributed by atoms with van der Waals surface area (Å²) in [7, 11) is 0. The average molecular weight is 272 g/mol. The van der Waals surface area contributed by atoms with Crippen LogP contribution in [0, 0.1) is 0 Å². The summed E-state index contributed by atoms with van der Waals surface area (Å²) >= 11 is 0. The second kappa shape index (κ2) is 6.37. The smallest absolute Gasteiger partial charge is 0.153 e. The fourth-order valence-corrected chi connectivity index (χ4v) is 2.21. The van der Waals surface area contributed by atoms with Gasteiger partial charge in [0, 0.05) is 5.56 Å². The molecule has 0 saturated heterocycles. The fraction of sp³-hybridized carbons (Fsp3) is 0.375. The van der Waals surface area contributed by atoms with Crippen LogP contribution in [-0.4, -0.2) is 23.1 Å². The molecule has 1 heterocycles. The van der Waals surface area contributed by atoms with Gasteiger partial charge < -0.3 is 4.74 Å². The van der Waals surface area contributed by atoms with Gasteiger partial charge in [-0.1, -0.05) is 13.8 Å². The number of hydrogen-bond donors (Lipinski definition) is 1. The van der Waals surface area contributed by atoms with Crippen LogP contribution >= 0.6 is 0 Å². The van der Waals surface area contributed by atoms with Crippen molar-refractivity contribution < 1.29 is 9.53 Å². The zero-order valence-corrected chi connectivity index (χ0v) is 12.1. The Morgan fingerprint density at radius 1 is 1.40 bits per heavy atom. The number of aromatic amines is 1. The molecule has 106 valence electrons. The van der Waals surface area contributed by atoms with Gasteiger partial charge in [-0.25, -0.2) is 0 Å².